The molecular formula is C17H18N4OS. The summed E-state index contributed by atoms with van der Waals surface area (Å²) in [6.07, 6.45) is 0. The van der Waals surface area contributed by atoms with Gasteiger partial charge < -0.3 is 4.57 Å². The Labute approximate surface area is 139 Å². The fourth-order valence-corrected chi connectivity index (χ4v) is 3.28. The molecule has 2 heterocycles. The average Bonchev–Trinajstić information content (AvgIpc) is 3.04. The predicted molar refractivity (Wildman–Crippen MR) is 92.6 cm³/mol. The molecule has 3 aromatic rings. The number of para-hydroxylation sites is 1. The largest absolute Gasteiger partial charge is 0.317 e. The van der Waals surface area contributed by atoms with E-state index in [2.05, 4.69) is 39.1 Å². The lowest BCUT2D eigenvalue weighted by Crippen LogP contribution is -2.13. The maximum absolute atomic E-state index is 12.5. The van der Waals surface area contributed by atoms with Gasteiger partial charge in [-0.2, -0.15) is 0 Å². The van der Waals surface area contributed by atoms with Gasteiger partial charge in [-0.1, -0.05) is 29.5 Å². The van der Waals surface area contributed by atoms with Crippen LogP contribution in [0.4, 0.5) is 5.13 Å². The maximum atomic E-state index is 12.5. The van der Waals surface area contributed by atoms with Crippen LogP contribution in [-0.4, -0.2) is 20.7 Å². The van der Waals surface area contributed by atoms with E-state index in [0.717, 1.165) is 22.1 Å². The second-order valence-electron chi connectivity index (χ2n) is 5.49. The Hall–Kier alpha value is -2.47. The number of aryl methyl sites for hydroxylation is 3. The Balaban J connectivity index is 1.98. The summed E-state index contributed by atoms with van der Waals surface area (Å²) in [5.74, 6) is -0.158. The number of benzene rings is 1. The lowest BCUT2D eigenvalue weighted by Gasteiger charge is -2.12. The molecule has 0 unspecified atom stereocenters. The molecule has 0 fully saturated rings. The number of anilines is 1. The van der Waals surface area contributed by atoms with Crippen molar-refractivity contribution < 1.29 is 4.79 Å². The molecule has 1 aromatic carbocycles. The summed E-state index contributed by atoms with van der Waals surface area (Å²) in [6.45, 7) is 7.89. The van der Waals surface area contributed by atoms with Crippen molar-refractivity contribution in [2.75, 3.05) is 5.32 Å². The van der Waals surface area contributed by atoms with E-state index in [-0.39, 0.29) is 5.91 Å². The van der Waals surface area contributed by atoms with E-state index in [1.54, 1.807) is 0 Å². The molecule has 6 heteroatoms. The van der Waals surface area contributed by atoms with Crippen LogP contribution in [0, 0.1) is 27.7 Å². The van der Waals surface area contributed by atoms with Crippen LogP contribution in [0.5, 0.6) is 0 Å². The van der Waals surface area contributed by atoms with Crippen molar-refractivity contribution in [3.05, 3.63) is 57.9 Å². The van der Waals surface area contributed by atoms with Crippen LogP contribution < -0.4 is 5.32 Å². The highest BCUT2D eigenvalue weighted by atomic mass is 32.1. The van der Waals surface area contributed by atoms with Gasteiger partial charge in [0.25, 0.3) is 5.91 Å². The standard InChI is InChI=1S/C17H18N4OS/c1-10-7-5-6-8-15(10)21-11(2)9-14(12(21)3)16(22)18-17-20-19-13(4)23-17/h5-9H,1-4H3,(H,18,20,22). The number of nitrogens with one attached hydrogen (secondary N) is 1. The first-order chi connectivity index (χ1) is 11.0. The minimum absolute atomic E-state index is 0.158. The third-order valence-corrected chi connectivity index (χ3v) is 4.53. The number of rotatable bonds is 3. The minimum Gasteiger partial charge on any atom is -0.317 e. The molecule has 23 heavy (non-hydrogen) atoms. The highest BCUT2D eigenvalue weighted by Crippen LogP contribution is 2.24. The normalized spacial score (nSPS) is 10.8. The molecule has 0 spiro atoms. The summed E-state index contributed by atoms with van der Waals surface area (Å²) in [4.78, 5) is 12.5. The van der Waals surface area contributed by atoms with Gasteiger partial charge in [-0.05, 0) is 45.4 Å². The Bertz CT molecular complexity index is 879. The number of hydrogen-bond donors (Lipinski definition) is 1. The Kier molecular flexibility index (Phi) is 4.00. The fourth-order valence-electron chi connectivity index (χ4n) is 2.69. The van der Waals surface area contributed by atoms with Gasteiger partial charge in [0.2, 0.25) is 5.13 Å². The van der Waals surface area contributed by atoms with Gasteiger partial charge in [0.05, 0.1) is 5.56 Å². The monoisotopic (exact) mass is 326 g/mol. The van der Waals surface area contributed by atoms with Crippen LogP contribution >= 0.6 is 11.3 Å². The van der Waals surface area contributed by atoms with Crippen LogP contribution in [0.1, 0.15) is 32.3 Å². The molecule has 3 rings (SSSR count). The molecule has 0 atom stereocenters. The SMILES string of the molecule is Cc1nnc(NC(=O)c2cc(C)n(-c3ccccc3C)c2C)s1. The number of carbonyl (C=O) groups is 1. The fraction of sp³-hybridized carbons (Fsp3) is 0.235. The Morgan fingerprint density at radius 2 is 1.87 bits per heavy atom. The van der Waals surface area contributed by atoms with Crippen LogP contribution in [0.2, 0.25) is 0 Å². The second-order valence-corrected chi connectivity index (χ2v) is 6.67. The summed E-state index contributed by atoms with van der Waals surface area (Å²) in [5.41, 5.74) is 4.85. The molecule has 0 saturated carbocycles. The number of aromatic nitrogens is 3. The van der Waals surface area contributed by atoms with E-state index in [1.807, 2.05) is 39.0 Å². The average molecular weight is 326 g/mol. The smallest absolute Gasteiger partial charge is 0.259 e. The van der Waals surface area contributed by atoms with Gasteiger partial charge in [-0.3, -0.25) is 10.1 Å². The predicted octanol–water partition coefficient (Wildman–Crippen LogP) is 3.81. The topological polar surface area (TPSA) is 59.8 Å². The van der Waals surface area contributed by atoms with Crippen LogP contribution in [0.25, 0.3) is 5.69 Å². The van der Waals surface area contributed by atoms with Crippen molar-refractivity contribution in [1.82, 2.24) is 14.8 Å². The lowest BCUT2D eigenvalue weighted by atomic mass is 10.2. The second kappa shape index (κ2) is 5.96. The van der Waals surface area contributed by atoms with Gasteiger partial charge in [0.15, 0.2) is 0 Å². The van der Waals surface area contributed by atoms with Crippen LogP contribution in [0.15, 0.2) is 30.3 Å². The highest BCUT2D eigenvalue weighted by molar-refractivity contribution is 7.15. The maximum Gasteiger partial charge on any atom is 0.259 e. The van der Waals surface area contributed by atoms with Gasteiger partial charge in [0, 0.05) is 17.1 Å². The molecular weight excluding hydrogens is 308 g/mol. The van der Waals surface area contributed by atoms with E-state index in [0.29, 0.717) is 10.7 Å². The number of hydrogen-bond acceptors (Lipinski definition) is 4. The number of carbonyl (C=O) groups excluding carboxylic acids is 1. The molecule has 0 aliphatic carbocycles. The first-order valence-electron chi connectivity index (χ1n) is 7.34. The van der Waals surface area contributed by atoms with E-state index in [1.165, 1.54) is 16.9 Å². The lowest BCUT2D eigenvalue weighted by molar-refractivity contribution is 0.102. The summed E-state index contributed by atoms with van der Waals surface area (Å²) >= 11 is 1.37. The van der Waals surface area contributed by atoms with E-state index >= 15 is 0 Å². The summed E-state index contributed by atoms with van der Waals surface area (Å²) in [6, 6.07) is 10.1. The molecule has 0 bridgehead atoms. The van der Waals surface area contributed by atoms with Gasteiger partial charge in [-0.15, -0.1) is 10.2 Å². The highest BCUT2D eigenvalue weighted by Gasteiger charge is 2.18. The molecule has 5 nitrogen and oxygen atoms in total. The van der Waals surface area contributed by atoms with Crippen molar-refractivity contribution in [2.45, 2.75) is 27.7 Å². The van der Waals surface area contributed by atoms with Crippen molar-refractivity contribution in [1.29, 1.82) is 0 Å². The quantitative estimate of drug-likeness (QED) is 0.796. The summed E-state index contributed by atoms with van der Waals surface area (Å²) in [5, 5.41) is 12.0. The molecule has 0 radical (unpaired) electrons. The third kappa shape index (κ3) is 2.90. The zero-order chi connectivity index (χ0) is 16.6. The molecule has 1 N–H and O–H groups in total. The Morgan fingerprint density at radius 3 is 2.52 bits per heavy atom. The van der Waals surface area contributed by atoms with Crippen molar-refractivity contribution in [3.8, 4) is 5.69 Å². The molecule has 0 saturated heterocycles. The van der Waals surface area contributed by atoms with Crippen LogP contribution in [-0.2, 0) is 0 Å². The van der Waals surface area contributed by atoms with E-state index < -0.39 is 0 Å². The van der Waals surface area contributed by atoms with Gasteiger partial charge in [0.1, 0.15) is 5.01 Å². The molecule has 0 aliphatic rings. The number of amides is 1. The first kappa shape index (κ1) is 15.4. The van der Waals surface area contributed by atoms with Gasteiger partial charge in [-0.25, -0.2) is 0 Å². The third-order valence-electron chi connectivity index (χ3n) is 3.78. The van der Waals surface area contributed by atoms with Crippen molar-refractivity contribution in [3.63, 3.8) is 0 Å². The minimum atomic E-state index is -0.158. The van der Waals surface area contributed by atoms with Crippen molar-refractivity contribution >= 4 is 22.4 Å². The van der Waals surface area contributed by atoms with Crippen molar-refractivity contribution in [2.24, 2.45) is 0 Å². The number of nitrogens with zero attached hydrogens (tertiary/aromatic N) is 3. The Morgan fingerprint density at radius 1 is 1.13 bits per heavy atom. The summed E-state index contributed by atoms with van der Waals surface area (Å²) < 4.78 is 2.11. The molecule has 2 aromatic heterocycles. The first-order valence-corrected chi connectivity index (χ1v) is 8.15. The van der Waals surface area contributed by atoms with E-state index in [4.69, 9.17) is 0 Å². The van der Waals surface area contributed by atoms with Gasteiger partial charge >= 0.3 is 0 Å². The molecule has 0 aliphatic heterocycles. The van der Waals surface area contributed by atoms with Crippen LogP contribution in [0.3, 0.4) is 0 Å². The zero-order valence-electron chi connectivity index (χ0n) is 13.5. The molecule has 1 amide bonds. The zero-order valence-corrected chi connectivity index (χ0v) is 14.4. The van der Waals surface area contributed by atoms with E-state index in [9.17, 15) is 4.79 Å². The molecule has 118 valence electrons. The summed E-state index contributed by atoms with van der Waals surface area (Å²) in [7, 11) is 0.